The number of quaternary nitrogens is 1. The van der Waals surface area contributed by atoms with Crippen molar-refractivity contribution in [3.8, 4) is 0 Å². The molecule has 0 saturated carbocycles. The van der Waals surface area contributed by atoms with Gasteiger partial charge in [0.15, 0.2) is 0 Å². The average molecular weight is 306 g/mol. The van der Waals surface area contributed by atoms with E-state index >= 15 is 0 Å². The highest BCUT2D eigenvalue weighted by Gasteiger charge is 2.58. The van der Waals surface area contributed by atoms with Gasteiger partial charge in [0.1, 0.15) is 6.10 Å². The first kappa shape index (κ1) is 20.2. The second-order valence-corrected chi connectivity index (χ2v) is 6.68. The van der Waals surface area contributed by atoms with Gasteiger partial charge < -0.3 is 22.0 Å². The topological polar surface area (TPSA) is 17.0 Å². The smallest absolute Gasteiger partial charge is 0.226 e. The van der Waals surface area contributed by atoms with Gasteiger partial charge in [0.2, 0.25) is 5.72 Å². The molecule has 20 heavy (non-hydrogen) atoms. The summed E-state index contributed by atoms with van der Waals surface area (Å²) in [4.78, 5) is 1.43. The molecule has 1 heterocycles. The SMILES string of the molecule is CCCCCCCCCCCCC1OC1(C)[NH+](C)C.[Cl-]. The largest absolute Gasteiger partial charge is 1.00 e. The van der Waals surface area contributed by atoms with Crippen molar-refractivity contribution >= 4 is 0 Å². The summed E-state index contributed by atoms with van der Waals surface area (Å²) in [6, 6.07) is 0. The van der Waals surface area contributed by atoms with Crippen molar-refractivity contribution in [1.82, 2.24) is 0 Å². The van der Waals surface area contributed by atoms with E-state index in [2.05, 4.69) is 27.9 Å². The lowest BCUT2D eigenvalue weighted by Gasteiger charge is -2.12. The molecule has 1 N–H and O–H groups in total. The van der Waals surface area contributed by atoms with Gasteiger partial charge in [0, 0.05) is 6.92 Å². The van der Waals surface area contributed by atoms with Crippen molar-refractivity contribution in [1.29, 1.82) is 0 Å². The number of epoxide rings is 1. The van der Waals surface area contributed by atoms with Crippen LogP contribution in [-0.2, 0) is 4.74 Å². The first-order valence-corrected chi connectivity index (χ1v) is 8.59. The second kappa shape index (κ2) is 10.9. The lowest BCUT2D eigenvalue weighted by Crippen LogP contribution is -3.12. The quantitative estimate of drug-likeness (QED) is 0.412. The van der Waals surface area contributed by atoms with Crippen molar-refractivity contribution in [2.45, 2.75) is 96.3 Å². The molecule has 3 heteroatoms. The Hall–Kier alpha value is 0.210. The molecule has 0 radical (unpaired) electrons. The van der Waals surface area contributed by atoms with E-state index in [0.29, 0.717) is 6.10 Å². The van der Waals surface area contributed by atoms with Crippen LogP contribution in [0, 0.1) is 0 Å². The summed E-state index contributed by atoms with van der Waals surface area (Å²) in [5.74, 6) is 0. The molecule has 0 aromatic heterocycles. The van der Waals surface area contributed by atoms with Gasteiger partial charge in [-0.3, -0.25) is 0 Å². The molecule has 0 bridgehead atoms. The normalized spacial score (nSPS) is 24.8. The van der Waals surface area contributed by atoms with Gasteiger partial charge in [-0.25, -0.2) is 0 Å². The predicted molar refractivity (Wildman–Crippen MR) is 82.5 cm³/mol. The lowest BCUT2D eigenvalue weighted by molar-refractivity contribution is -0.908. The number of hydrogen-bond donors (Lipinski definition) is 1. The van der Waals surface area contributed by atoms with Gasteiger partial charge in [-0.05, 0) is 6.42 Å². The summed E-state index contributed by atoms with van der Waals surface area (Å²) >= 11 is 0. The third-order valence-corrected chi connectivity index (χ3v) is 4.76. The van der Waals surface area contributed by atoms with E-state index < -0.39 is 0 Å². The molecule has 1 rings (SSSR count). The summed E-state index contributed by atoms with van der Waals surface area (Å²) in [7, 11) is 4.39. The number of rotatable bonds is 12. The van der Waals surface area contributed by atoms with E-state index in [1.54, 1.807) is 0 Å². The monoisotopic (exact) mass is 305 g/mol. The van der Waals surface area contributed by atoms with Crippen molar-refractivity contribution in [2.75, 3.05) is 14.1 Å². The highest BCUT2D eigenvalue weighted by atomic mass is 35.5. The van der Waals surface area contributed by atoms with E-state index in [9.17, 15) is 0 Å². The van der Waals surface area contributed by atoms with Crippen LogP contribution < -0.4 is 17.3 Å². The zero-order valence-corrected chi connectivity index (χ0v) is 14.9. The molecule has 1 saturated heterocycles. The summed E-state index contributed by atoms with van der Waals surface area (Å²) in [5.41, 5.74) is 0.124. The number of unbranched alkanes of at least 4 members (excludes halogenated alkanes) is 9. The Morgan fingerprint density at radius 3 is 1.70 bits per heavy atom. The van der Waals surface area contributed by atoms with Crippen LogP contribution in [0.3, 0.4) is 0 Å². The van der Waals surface area contributed by atoms with Crippen molar-refractivity contribution < 1.29 is 22.0 Å². The summed E-state index contributed by atoms with van der Waals surface area (Å²) in [6.07, 6.45) is 16.0. The molecular weight excluding hydrogens is 270 g/mol. The van der Waals surface area contributed by atoms with Crippen LogP contribution in [0.1, 0.15) is 84.5 Å². The molecule has 0 spiro atoms. The van der Waals surface area contributed by atoms with E-state index in [0.717, 1.165) is 0 Å². The molecule has 2 atom stereocenters. The molecule has 2 nitrogen and oxygen atoms in total. The number of halogens is 1. The first-order valence-electron chi connectivity index (χ1n) is 8.59. The molecular formula is C17H36ClNO. The fraction of sp³-hybridized carbons (Fsp3) is 1.00. The maximum Gasteiger partial charge on any atom is 0.226 e. The number of likely N-dealkylation sites (N-methyl/N-ethyl adjacent to an activating group) is 1. The average Bonchev–Trinajstić information content (AvgIpc) is 3.04. The molecule has 1 fully saturated rings. The fourth-order valence-corrected chi connectivity index (χ4v) is 2.85. The Labute approximate surface area is 133 Å². The first-order chi connectivity index (χ1) is 9.11. The number of hydrogen-bond acceptors (Lipinski definition) is 1. The Morgan fingerprint density at radius 2 is 1.30 bits per heavy atom. The highest BCUT2D eigenvalue weighted by Crippen LogP contribution is 2.33. The Bertz CT molecular complexity index is 235. The van der Waals surface area contributed by atoms with Crippen molar-refractivity contribution in [3.05, 3.63) is 0 Å². The summed E-state index contributed by atoms with van der Waals surface area (Å²) < 4.78 is 5.81. The highest BCUT2D eigenvalue weighted by molar-refractivity contribution is 4.88. The molecule has 0 aromatic rings. The summed E-state index contributed by atoms with van der Waals surface area (Å²) in [6.45, 7) is 4.52. The van der Waals surface area contributed by atoms with Gasteiger partial charge in [0.05, 0.1) is 14.1 Å². The Morgan fingerprint density at radius 1 is 0.850 bits per heavy atom. The standard InChI is InChI=1S/C17H35NO.ClH/c1-5-6-7-8-9-10-11-12-13-14-15-16-17(2,19-16)18(3)4;/h16H,5-15H2,1-4H3;1H. The Kier molecular flexibility index (Phi) is 11.0. The van der Waals surface area contributed by atoms with Crippen molar-refractivity contribution in [2.24, 2.45) is 0 Å². The molecule has 2 unspecified atom stereocenters. The second-order valence-electron chi connectivity index (χ2n) is 6.68. The van der Waals surface area contributed by atoms with Crippen LogP contribution in [0.4, 0.5) is 0 Å². The van der Waals surface area contributed by atoms with Crippen LogP contribution in [0.5, 0.6) is 0 Å². The zero-order valence-electron chi connectivity index (χ0n) is 14.1. The molecule has 1 aliphatic rings. The van der Waals surface area contributed by atoms with E-state index in [1.807, 2.05) is 0 Å². The van der Waals surface area contributed by atoms with Gasteiger partial charge in [-0.1, -0.05) is 71.1 Å². The van der Waals surface area contributed by atoms with Crippen molar-refractivity contribution in [3.63, 3.8) is 0 Å². The van der Waals surface area contributed by atoms with E-state index in [-0.39, 0.29) is 18.1 Å². The minimum absolute atomic E-state index is 0. The van der Waals surface area contributed by atoms with E-state index in [1.165, 1.54) is 75.5 Å². The Balaban J connectivity index is 0.00000361. The van der Waals surface area contributed by atoms with Gasteiger partial charge in [0.25, 0.3) is 0 Å². The maximum absolute atomic E-state index is 5.81. The zero-order chi connectivity index (χ0) is 14.1. The van der Waals surface area contributed by atoms with E-state index in [4.69, 9.17) is 4.74 Å². The third kappa shape index (κ3) is 7.28. The molecule has 0 amide bonds. The predicted octanol–water partition coefficient (Wildman–Crippen LogP) is 0.561. The van der Waals surface area contributed by atoms with Gasteiger partial charge in [-0.2, -0.15) is 0 Å². The number of nitrogens with one attached hydrogen (secondary N) is 1. The van der Waals surface area contributed by atoms with Gasteiger partial charge >= 0.3 is 0 Å². The van der Waals surface area contributed by atoms with Crippen LogP contribution in [0.15, 0.2) is 0 Å². The minimum atomic E-state index is 0. The molecule has 1 aliphatic heterocycles. The minimum Gasteiger partial charge on any atom is -1.00 e. The van der Waals surface area contributed by atoms with Gasteiger partial charge in [-0.15, -0.1) is 0 Å². The number of ether oxygens (including phenoxy) is 1. The molecule has 0 aliphatic carbocycles. The fourth-order valence-electron chi connectivity index (χ4n) is 2.85. The maximum atomic E-state index is 5.81. The molecule has 0 aromatic carbocycles. The van der Waals surface area contributed by atoms with Crippen LogP contribution >= 0.6 is 0 Å². The van der Waals surface area contributed by atoms with Crippen LogP contribution in [0.2, 0.25) is 0 Å². The van der Waals surface area contributed by atoms with Crippen LogP contribution in [0.25, 0.3) is 0 Å². The third-order valence-electron chi connectivity index (χ3n) is 4.76. The van der Waals surface area contributed by atoms with Crippen LogP contribution in [-0.4, -0.2) is 25.9 Å². The summed E-state index contributed by atoms with van der Waals surface area (Å²) in [5, 5.41) is 0. The lowest BCUT2D eigenvalue weighted by atomic mass is 10.0. The molecule has 122 valence electrons.